The molecule has 0 heterocycles. The third-order valence-electron chi connectivity index (χ3n) is 4.33. The van der Waals surface area contributed by atoms with Crippen molar-refractivity contribution in [2.45, 2.75) is 12.5 Å². The first-order valence-electron chi connectivity index (χ1n) is 9.05. The number of nitrogens with one attached hydrogen (secondary N) is 2. The number of amides is 2. The summed E-state index contributed by atoms with van der Waals surface area (Å²) in [5.41, 5.74) is 1.65. The van der Waals surface area contributed by atoms with Crippen LogP contribution in [0.25, 0.3) is 0 Å². The largest absolute Gasteiger partial charge is 0.548 e. The Morgan fingerprint density at radius 2 is 1.34 bits per heavy atom. The number of carbonyl (C=O) groups excluding carboxylic acids is 3. The van der Waals surface area contributed by atoms with E-state index in [1.807, 2.05) is 6.07 Å². The predicted molar refractivity (Wildman–Crippen MR) is 107 cm³/mol. The fourth-order valence-corrected chi connectivity index (χ4v) is 2.85. The number of para-hydroxylation sites is 1. The van der Waals surface area contributed by atoms with E-state index < -0.39 is 17.9 Å². The standard InChI is InChI=1S/C23H20N2O4/c26-21(17-11-5-2-6-12-17)24-19-14-8-7-13-18(19)22(27)25-20(23(28)29)15-16-9-3-1-4-10-16/h1-14,20H,15H2,(H,24,26)(H,25,27)(H,28,29)/p-1/t20-/m0/s1. The average molecular weight is 387 g/mol. The molecular formula is C23H19N2O4-. The van der Waals surface area contributed by atoms with Crippen molar-refractivity contribution in [2.24, 2.45) is 0 Å². The molecule has 0 saturated carbocycles. The van der Waals surface area contributed by atoms with Crippen LogP contribution in [-0.4, -0.2) is 23.8 Å². The number of carbonyl (C=O) groups is 3. The molecule has 0 saturated heterocycles. The number of benzene rings is 3. The molecule has 3 aromatic rings. The molecule has 3 rings (SSSR count). The number of hydrogen-bond acceptors (Lipinski definition) is 4. The van der Waals surface area contributed by atoms with E-state index >= 15 is 0 Å². The molecule has 0 radical (unpaired) electrons. The normalized spacial score (nSPS) is 11.3. The van der Waals surface area contributed by atoms with Crippen molar-refractivity contribution < 1.29 is 19.5 Å². The summed E-state index contributed by atoms with van der Waals surface area (Å²) in [6, 6.07) is 22.7. The Hall–Kier alpha value is -3.93. The molecule has 0 bridgehead atoms. The van der Waals surface area contributed by atoms with Gasteiger partial charge in [0.15, 0.2) is 0 Å². The molecule has 0 unspecified atom stereocenters. The molecule has 2 N–H and O–H groups in total. The molecule has 0 aliphatic carbocycles. The van der Waals surface area contributed by atoms with Gasteiger partial charge in [0.25, 0.3) is 11.8 Å². The van der Waals surface area contributed by atoms with Crippen LogP contribution in [0.5, 0.6) is 0 Å². The van der Waals surface area contributed by atoms with Gasteiger partial charge in [-0.3, -0.25) is 9.59 Å². The van der Waals surface area contributed by atoms with Crippen molar-refractivity contribution in [1.82, 2.24) is 5.32 Å². The van der Waals surface area contributed by atoms with Crippen LogP contribution in [0.2, 0.25) is 0 Å². The average Bonchev–Trinajstić information content (AvgIpc) is 2.75. The first-order valence-corrected chi connectivity index (χ1v) is 9.05. The van der Waals surface area contributed by atoms with Gasteiger partial charge in [0.05, 0.1) is 23.3 Å². The van der Waals surface area contributed by atoms with Gasteiger partial charge in [-0.2, -0.15) is 0 Å². The van der Waals surface area contributed by atoms with Crippen LogP contribution in [0.15, 0.2) is 84.9 Å². The van der Waals surface area contributed by atoms with Crippen molar-refractivity contribution in [3.8, 4) is 0 Å². The molecule has 0 fully saturated rings. The van der Waals surface area contributed by atoms with Crippen molar-refractivity contribution in [3.63, 3.8) is 0 Å². The summed E-state index contributed by atoms with van der Waals surface area (Å²) in [5.74, 6) is -2.36. The Morgan fingerprint density at radius 1 is 0.759 bits per heavy atom. The lowest BCUT2D eigenvalue weighted by molar-refractivity contribution is -0.308. The minimum Gasteiger partial charge on any atom is -0.548 e. The maximum Gasteiger partial charge on any atom is 0.255 e. The highest BCUT2D eigenvalue weighted by Gasteiger charge is 2.19. The predicted octanol–water partition coefficient (Wildman–Crippen LogP) is 2.03. The summed E-state index contributed by atoms with van der Waals surface area (Å²) in [6.07, 6.45) is 0.0907. The molecule has 146 valence electrons. The number of anilines is 1. The first kappa shape index (κ1) is 19.8. The topological polar surface area (TPSA) is 98.3 Å². The smallest absolute Gasteiger partial charge is 0.255 e. The molecule has 0 aliphatic heterocycles. The maximum atomic E-state index is 12.7. The van der Waals surface area contributed by atoms with Gasteiger partial charge in [0, 0.05) is 5.56 Å². The minimum absolute atomic E-state index is 0.0907. The molecule has 2 amide bonds. The second kappa shape index (κ2) is 9.32. The second-order valence-corrected chi connectivity index (χ2v) is 6.40. The van der Waals surface area contributed by atoms with E-state index in [-0.39, 0.29) is 23.6 Å². The van der Waals surface area contributed by atoms with Gasteiger partial charge >= 0.3 is 0 Å². The van der Waals surface area contributed by atoms with Crippen LogP contribution in [0.1, 0.15) is 26.3 Å². The van der Waals surface area contributed by atoms with Gasteiger partial charge in [-0.1, -0.05) is 60.7 Å². The zero-order valence-electron chi connectivity index (χ0n) is 15.5. The van der Waals surface area contributed by atoms with E-state index in [0.29, 0.717) is 5.56 Å². The minimum atomic E-state index is -1.38. The summed E-state index contributed by atoms with van der Waals surface area (Å²) < 4.78 is 0. The van der Waals surface area contributed by atoms with Crippen molar-refractivity contribution in [3.05, 3.63) is 102 Å². The van der Waals surface area contributed by atoms with E-state index in [2.05, 4.69) is 10.6 Å². The quantitative estimate of drug-likeness (QED) is 0.648. The zero-order chi connectivity index (χ0) is 20.6. The number of hydrogen-bond donors (Lipinski definition) is 2. The molecule has 6 nitrogen and oxygen atoms in total. The summed E-state index contributed by atoms with van der Waals surface area (Å²) in [6.45, 7) is 0. The van der Waals surface area contributed by atoms with Crippen molar-refractivity contribution in [1.29, 1.82) is 0 Å². The molecular weight excluding hydrogens is 368 g/mol. The number of rotatable bonds is 7. The van der Waals surface area contributed by atoms with Gasteiger partial charge in [-0.25, -0.2) is 0 Å². The van der Waals surface area contributed by atoms with Gasteiger partial charge < -0.3 is 20.5 Å². The van der Waals surface area contributed by atoms with Gasteiger partial charge in [-0.15, -0.1) is 0 Å². The highest BCUT2D eigenvalue weighted by Crippen LogP contribution is 2.17. The van der Waals surface area contributed by atoms with E-state index in [0.717, 1.165) is 5.56 Å². The Labute approximate surface area is 168 Å². The molecule has 0 aromatic heterocycles. The maximum absolute atomic E-state index is 12.7. The summed E-state index contributed by atoms with van der Waals surface area (Å²) in [4.78, 5) is 36.7. The van der Waals surface area contributed by atoms with Gasteiger partial charge in [0.1, 0.15) is 0 Å². The Bertz CT molecular complexity index is 1000. The number of aliphatic carboxylic acids is 1. The second-order valence-electron chi connectivity index (χ2n) is 6.40. The third kappa shape index (κ3) is 5.29. The van der Waals surface area contributed by atoms with Crippen molar-refractivity contribution >= 4 is 23.5 Å². The van der Waals surface area contributed by atoms with Crippen LogP contribution >= 0.6 is 0 Å². The van der Waals surface area contributed by atoms with E-state index in [1.165, 1.54) is 6.07 Å². The Morgan fingerprint density at radius 3 is 2.00 bits per heavy atom. The van der Waals surface area contributed by atoms with Gasteiger partial charge in [0.2, 0.25) is 0 Å². The first-order chi connectivity index (χ1) is 14.0. The molecule has 1 atom stereocenters. The summed E-state index contributed by atoms with van der Waals surface area (Å²) in [7, 11) is 0. The summed E-state index contributed by atoms with van der Waals surface area (Å²) >= 11 is 0. The van der Waals surface area contributed by atoms with Crippen LogP contribution in [-0.2, 0) is 11.2 Å². The number of carboxylic acid groups (broad SMARTS) is 1. The lowest BCUT2D eigenvalue weighted by Crippen LogP contribution is -2.49. The van der Waals surface area contributed by atoms with E-state index in [1.54, 1.807) is 72.8 Å². The third-order valence-corrected chi connectivity index (χ3v) is 4.33. The van der Waals surface area contributed by atoms with Crippen molar-refractivity contribution in [2.75, 3.05) is 5.32 Å². The Balaban J connectivity index is 1.76. The monoisotopic (exact) mass is 387 g/mol. The molecule has 0 spiro atoms. The lowest BCUT2D eigenvalue weighted by atomic mass is 10.0. The SMILES string of the molecule is O=C(Nc1ccccc1C(=O)N[C@@H](Cc1ccccc1)C(=O)[O-])c1ccccc1. The van der Waals surface area contributed by atoms with Crippen LogP contribution in [0, 0.1) is 0 Å². The Kier molecular flexibility index (Phi) is 6.37. The van der Waals surface area contributed by atoms with Gasteiger partial charge in [-0.05, 0) is 36.2 Å². The molecule has 3 aromatic carbocycles. The van der Waals surface area contributed by atoms with Crippen LogP contribution in [0.4, 0.5) is 5.69 Å². The molecule has 29 heavy (non-hydrogen) atoms. The molecule has 0 aliphatic rings. The fraction of sp³-hybridized carbons (Fsp3) is 0.0870. The molecule has 6 heteroatoms. The lowest BCUT2D eigenvalue weighted by Gasteiger charge is -2.21. The van der Waals surface area contributed by atoms with E-state index in [9.17, 15) is 19.5 Å². The number of carboxylic acids is 1. The highest BCUT2D eigenvalue weighted by molar-refractivity contribution is 6.09. The van der Waals surface area contributed by atoms with E-state index in [4.69, 9.17) is 0 Å². The highest BCUT2D eigenvalue weighted by atomic mass is 16.4. The van der Waals surface area contributed by atoms with Crippen LogP contribution in [0.3, 0.4) is 0 Å². The zero-order valence-corrected chi connectivity index (χ0v) is 15.5. The van der Waals surface area contributed by atoms with Crippen LogP contribution < -0.4 is 15.7 Å². The fourth-order valence-electron chi connectivity index (χ4n) is 2.85. The summed E-state index contributed by atoms with van der Waals surface area (Å²) in [5, 5.41) is 16.7.